The van der Waals surface area contributed by atoms with Gasteiger partial charge in [-0.25, -0.2) is 0 Å². The highest BCUT2D eigenvalue weighted by Gasteiger charge is 2.47. The second-order valence-electron chi connectivity index (χ2n) is 8.12. The highest BCUT2D eigenvalue weighted by Crippen LogP contribution is 2.46. The van der Waals surface area contributed by atoms with E-state index >= 15 is 0 Å². The van der Waals surface area contributed by atoms with Gasteiger partial charge in [0, 0.05) is 37.5 Å². The Kier molecular flexibility index (Phi) is 3.85. The molecular formula is C21H26N4O. The van der Waals surface area contributed by atoms with Crippen LogP contribution < -0.4 is 5.73 Å². The Bertz CT molecular complexity index is 815. The maximum atomic E-state index is 13.4. The molecule has 5 nitrogen and oxygen atoms in total. The number of aromatic nitrogens is 2. The molecule has 3 heterocycles. The number of nitrogens with two attached hydrogens (primary N) is 1. The number of likely N-dealkylation sites (tertiary alicyclic amines) is 1. The largest absolute Gasteiger partial charge is 0.335 e. The standard InChI is InChI=1S/C21H26N4O/c22-15-9-10-25-20(11-15)17(12-23-25)21(26)24-13-18(14-5-2-1-3-6-14)16-7-4-8-19(16)24/h1-3,5-6,12,15-16,18-19H,4,7-11,13,22H2/t15-,16-,18-,19+/m0/s1. The van der Waals surface area contributed by atoms with Crippen molar-refractivity contribution in [1.29, 1.82) is 0 Å². The molecule has 2 aromatic rings. The molecule has 0 spiro atoms. The summed E-state index contributed by atoms with van der Waals surface area (Å²) in [6, 6.07) is 11.2. The summed E-state index contributed by atoms with van der Waals surface area (Å²) < 4.78 is 1.98. The van der Waals surface area contributed by atoms with Crippen LogP contribution in [0.15, 0.2) is 36.5 Å². The lowest BCUT2D eigenvalue weighted by atomic mass is 9.87. The van der Waals surface area contributed by atoms with Crippen LogP contribution in [0.2, 0.25) is 0 Å². The van der Waals surface area contributed by atoms with Crippen LogP contribution in [0, 0.1) is 5.92 Å². The summed E-state index contributed by atoms with van der Waals surface area (Å²) in [5, 5.41) is 4.46. The Morgan fingerprint density at radius 3 is 2.85 bits per heavy atom. The van der Waals surface area contributed by atoms with Gasteiger partial charge in [0.15, 0.2) is 0 Å². The molecule has 1 saturated heterocycles. The van der Waals surface area contributed by atoms with Gasteiger partial charge in [-0.15, -0.1) is 0 Å². The molecule has 1 aromatic carbocycles. The first-order chi connectivity index (χ1) is 12.7. The molecule has 1 aliphatic carbocycles. The molecule has 5 rings (SSSR count). The van der Waals surface area contributed by atoms with Gasteiger partial charge in [-0.3, -0.25) is 9.48 Å². The van der Waals surface area contributed by atoms with Crippen LogP contribution >= 0.6 is 0 Å². The van der Waals surface area contributed by atoms with Crippen molar-refractivity contribution >= 4 is 5.91 Å². The van der Waals surface area contributed by atoms with E-state index in [1.807, 2.05) is 4.68 Å². The number of rotatable bonds is 2. The molecule has 1 aromatic heterocycles. The predicted octanol–water partition coefficient (Wildman–Crippen LogP) is 2.56. The predicted molar refractivity (Wildman–Crippen MR) is 99.9 cm³/mol. The molecule has 2 N–H and O–H groups in total. The number of aryl methyl sites for hydroxylation is 1. The van der Waals surface area contributed by atoms with Crippen molar-refractivity contribution in [3.05, 3.63) is 53.3 Å². The summed E-state index contributed by atoms with van der Waals surface area (Å²) >= 11 is 0. The van der Waals surface area contributed by atoms with E-state index in [0.29, 0.717) is 17.9 Å². The topological polar surface area (TPSA) is 64.2 Å². The van der Waals surface area contributed by atoms with E-state index < -0.39 is 0 Å². The lowest BCUT2D eigenvalue weighted by Gasteiger charge is -2.25. The van der Waals surface area contributed by atoms with Crippen LogP contribution in [0.4, 0.5) is 0 Å². The molecule has 0 unspecified atom stereocenters. The molecular weight excluding hydrogens is 324 g/mol. The number of nitrogens with zero attached hydrogens (tertiary/aromatic N) is 3. The summed E-state index contributed by atoms with van der Waals surface area (Å²) in [6.07, 6.45) is 7.04. The van der Waals surface area contributed by atoms with Crippen LogP contribution in [0.25, 0.3) is 0 Å². The fourth-order valence-electron chi connectivity index (χ4n) is 5.39. The van der Waals surface area contributed by atoms with Crippen LogP contribution in [0.1, 0.15) is 53.2 Å². The van der Waals surface area contributed by atoms with Gasteiger partial charge in [0.2, 0.25) is 0 Å². The summed E-state index contributed by atoms with van der Waals surface area (Å²) in [5.41, 5.74) is 9.33. The summed E-state index contributed by atoms with van der Waals surface area (Å²) in [5.74, 6) is 1.21. The zero-order valence-electron chi connectivity index (χ0n) is 15.1. The Morgan fingerprint density at radius 1 is 1.15 bits per heavy atom. The normalized spacial score (nSPS) is 30.3. The van der Waals surface area contributed by atoms with Gasteiger partial charge in [-0.05, 0) is 30.7 Å². The van der Waals surface area contributed by atoms with E-state index in [2.05, 4.69) is 40.3 Å². The minimum absolute atomic E-state index is 0.139. The molecule has 3 aliphatic rings. The van der Waals surface area contributed by atoms with Crippen molar-refractivity contribution in [2.75, 3.05) is 6.54 Å². The average Bonchev–Trinajstić information content (AvgIpc) is 3.36. The van der Waals surface area contributed by atoms with Gasteiger partial charge in [-0.1, -0.05) is 36.8 Å². The first-order valence-corrected chi connectivity index (χ1v) is 9.88. The zero-order chi connectivity index (χ0) is 17.7. The first-order valence-electron chi connectivity index (χ1n) is 9.88. The van der Waals surface area contributed by atoms with Crippen LogP contribution in [-0.2, 0) is 13.0 Å². The summed E-state index contributed by atoms with van der Waals surface area (Å²) in [6.45, 7) is 1.65. The van der Waals surface area contributed by atoms with E-state index in [9.17, 15) is 4.79 Å². The molecule has 0 bridgehead atoms. The monoisotopic (exact) mass is 350 g/mol. The second-order valence-corrected chi connectivity index (χ2v) is 8.12. The lowest BCUT2D eigenvalue weighted by Crippen LogP contribution is -2.37. The number of carbonyl (C=O) groups is 1. The average molecular weight is 350 g/mol. The molecule has 2 fully saturated rings. The Labute approximate surface area is 154 Å². The molecule has 5 heteroatoms. The Morgan fingerprint density at radius 2 is 2.00 bits per heavy atom. The summed E-state index contributed by atoms with van der Waals surface area (Å²) in [7, 11) is 0. The van der Waals surface area contributed by atoms with Gasteiger partial charge in [-0.2, -0.15) is 5.10 Å². The van der Waals surface area contributed by atoms with Crippen LogP contribution in [-0.4, -0.2) is 39.2 Å². The third kappa shape index (κ3) is 2.49. The zero-order valence-corrected chi connectivity index (χ0v) is 15.1. The van der Waals surface area contributed by atoms with Gasteiger partial charge < -0.3 is 10.6 Å². The van der Waals surface area contributed by atoms with Crippen LogP contribution in [0.3, 0.4) is 0 Å². The SMILES string of the molecule is N[C@H]1CCn2ncc(C(=O)N3C[C@@H](c4ccccc4)[C@@H]4CCC[C@H]43)c2C1. The van der Waals surface area contributed by atoms with E-state index in [4.69, 9.17) is 5.73 Å². The molecule has 136 valence electrons. The van der Waals surface area contributed by atoms with Crippen molar-refractivity contribution in [2.24, 2.45) is 11.7 Å². The number of amides is 1. The van der Waals surface area contributed by atoms with Gasteiger partial charge in [0.05, 0.1) is 17.5 Å². The van der Waals surface area contributed by atoms with Crippen molar-refractivity contribution in [3.63, 3.8) is 0 Å². The van der Waals surface area contributed by atoms with Crippen LogP contribution in [0.5, 0.6) is 0 Å². The number of carbonyl (C=O) groups excluding carboxylic acids is 1. The van der Waals surface area contributed by atoms with Crippen molar-refractivity contribution in [2.45, 2.75) is 56.7 Å². The third-order valence-electron chi connectivity index (χ3n) is 6.68. The number of benzene rings is 1. The second kappa shape index (κ2) is 6.23. The molecule has 1 amide bonds. The fraction of sp³-hybridized carbons (Fsp3) is 0.524. The van der Waals surface area contributed by atoms with Gasteiger partial charge >= 0.3 is 0 Å². The van der Waals surface area contributed by atoms with Crippen molar-refractivity contribution in [1.82, 2.24) is 14.7 Å². The van der Waals surface area contributed by atoms with E-state index in [1.165, 1.54) is 18.4 Å². The van der Waals surface area contributed by atoms with E-state index in [-0.39, 0.29) is 11.9 Å². The van der Waals surface area contributed by atoms with Gasteiger partial charge in [0.1, 0.15) is 0 Å². The number of hydrogen-bond donors (Lipinski definition) is 1. The Hall–Kier alpha value is -2.14. The number of fused-ring (bicyclic) bond motifs is 2. The van der Waals surface area contributed by atoms with E-state index in [0.717, 1.165) is 43.6 Å². The van der Waals surface area contributed by atoms with E-state index in [1.54, 1.807) is 6.20 Å². The Balaban J connectivity index is 1.45. The quantitative estimate of drug-likeness (QED) is 0.905. The first kappa shape index (κ1) is 16.1. The summed E-state index contributed by atoms with van der Waals surface area (Å²) in [4.78, 5) is 15.6. The van der Waals surface area contributed by atoms with Gasteiger partial charge in [0.25, 0.3) is 5.91 Å². The molecule has 4 atom stereocenters. The molecule has 2 aliphatic heterocycles. The minimum Gasteiger partial charge on any atom is -0.335 e. The molecule has 0 radical (unpaired) electrons. The lowest BCUT2D eigenvalue weighted by molar-refractivity contribution is 0.0726. The van der Waals surface area contributed by atoms with Crippen molar-refractivity contribution < 1.29 is 4.79 Å². The molecule has 26 heavy (non-hydrogen) atoms. The van der Waals surface area contributed by atoms with Crippen molar-refractivity contribution in [3.8, 4) is 0 Å². The maximum absolute atomic E-state index is 13.4. The third-order valence-corrected chi connectivity index (χ3v) is 6.68. The fourth-order valence-corrected chi connectivity index (χ4v) is 5.39. The molecule has 1 saturated carbocycles. The number of hydrogen-bond acceptors (Lipinski definition) is 3. The smallest absolute Gasteiger partial charge is 0.257 e. The highest BCUT2D eigenvalue weighted by molar-refractivity contribution is 5.95. The maximum Gasteiger partial charge on any atom is 0.257 e. The minimum atomic E-state index is 0.139. The highest BCUT2D eigenvalue weighted by atomic mass is 16.2.